The van der Waals surface area contributed by atoms with Crippen LogP contribution in [0.1, 0.15) is 34.4 Å². The molecule has 0 spiro atoms. The lowest BCUT2D eigenvalue weighted by Gasteiger charge is -2.17. The minimum absolute atomic E-state index is 0.580. The van der Waals surface area contributed by atoms with Gasteiger partial charge in [-0.3, -0.25) is 0 Å². The van der Waals surface area contributed by atoms with E-state index in [0.717, 1.165) is 84.9 Å². The summed E-state index contributed by atoms with van der Waals surface area (Å²) in [6.07, 6.45) is 6.34. The van der Waals surface area contributed by atoms with Gasteiger partial charge in [0.05, 0.1) is 57.1 Å². The first-order chi connectivity index (χ1) is 24.7. The first-order valence-electron chi connectivity index (χ1n) is 16.6. The van der Waals surface area contributed by atoms with Crippen LogP contribution in [0.4, 0.5) is 0 Å². The second-order valence-electron chi connectivity index (χ2n) is 12.6. The first kappa shape index (κ1) is 29.0. The lowest BCUT2D eigenvalue weighted by Crippen LogP contribution is -2.02. The van der Waals surface area contributed by atoms with Crippen molar-refractivity contribution in [2.45, 2.75) is 12.8 Å². The SMILES string of the molecule is N#Cc1ccc2c(c1)c1c(n2-c2ccccc2-c2cccc(-c3ccc(-n4c5ccccc5c5cc(C#N)ccc54)cc3C#N)c2)C=CCC1. The average molecular weight is 638 g/mol. The molecule has 5 nitrogen and oxygen atoms in total. The molecule has 0 amide bonds. The summed E-state index contributed by atoms with van der Waals surface area (Å²) < 4.78 is 4.49. The van der Waals surface area contributed by atoms with Crippen LogP contribution in [0, 0.1) is 34.0 Å². The lowest BCUT2D eigenvalue weighted by atomic mass is 9.95. The second kappa shape index (κ2) is 11.5. The van der Waals surface area contributed by atoms with Crippen LogP contribution in [-0.2, 0) is 6.42 Å². The molecule has 232 valence electrons. The van der Waals surface area contributed by atoms with Crippen molar-refractivity contribution in [3.05, 3.63) is 161 Å². The minimum atomic E-state index is 0.580. The third-order valence-corrected chi connectivity index (χ3v) is 9.89. The highest BCUT2D eigenvalue weighted by Crippen LogP contribution is 2.39. The Morgan fingerprint density at radius 3 is 2.02 bits per heavy atom. The van der Waals surface area contributed by atoms with Gasteiger partial charge in [0.25, 0.3) is 0 Å². The van der Waals surface area contributed by atoms with Crippen LogP contribution in [0.25, 0.3) is 72.4 Å². The molecule has 0 saturated heterocycles. The van der Waals surface area contributed by atoms with Crippen LogP contribution in [0.15, 0.2) is 133 Å². The van der Waals surface area contributed by atoms with Gasteiger partial charge in [0.1, 0.15) is 0 Å². The third-order valence-electron chi connectivity index (χ3n) is 9.89. The molecular weight excluding hydrogens is 611 g/mol. The number of allylic oxidation sites excluding steroid dienone is 1. The zero-order valence-electron chi connectivity index (χ0n) is 26.9. The molecule has 0 aliphatic heterocycles. The highest BCUT2D eigenvalue weighted by atomic mass is 15.0. The van der Waals surface area contributed by atoms with Gasteiger partial charge in [0, 0.05) is 33.1 Å². The number of para-hydroxylation sites is 2. The zero-order valence-corrected chi connectivity index (χ0v) is 26.9. The van der Waals surface area contributed by atoms with Gasteiger partial charge in [-0.15, -0.1) is 0 Å². The summed E-state index contributed by atoms with van der Waals surface area (Å²) in [5.41, 5.74) is 13.3. The van der Waals surface area contributed by atoms with Crippen molar-refractivity contribution >= 4 is 38.8 Å². The third kappa shape index (κ3) is 4.45. The smallest absolute Gasteiger partial charge is 0.0998 e. The molecule has 0 bridgehead atoms. The molecule has 1 aliphatic carbocycles. The van der Waals surface area contributed by atoms with Gasteiger partial charge >= 0.3 is 0 Å². The summed E-state index contributed by atoms with van der Waals surface area (Å²) in [6.45, 7) is 0. The second-order valence-corrected chi connectivity index (χ2v) is 12.6. The number of aromatic nitrogens is 2. The molecular formula is C45H27N5. The quantitative estimate of drug-likeness (QED) is 0.193. The molecule has 2 aromatic heterocycles. The fourth-order valence-electron chi connectivity index (χ4n) is 7.67. The van der Waals surface area contributed by atoms with Crippen molar-refractivity contribution in [2.75, 3.05) is 0 Å². The van der Waals surface area contributed by atoms with E-state index in [4.69, 9.17) is 0 Å². The largest absolute Gasteiger partial charge is 0.309 e. The van der Waals surface area contributed by atoms with Gasteiger partial charge < -0.3 is 9.13 Å². The maximum Gasteiger partial charge on any atom is 0.0998 e. The average Bonchev–Trinajstić information content (AvgIpc) is 3.69. The lowest BCUT2D eigenvalue weighted by molar-refractivity contribution is 0.968. The molecule has 0 fully saturated rings. The molecule has 8 aromatic rings. The number of nitrogens with zero attached hydrogens (tertiary/aromatic N) is 5. The maximum atomic E-state index is 10.5. The molecule has 2 heterocycles. The van der Waals surface area contributed by atoms with Crippen molar-refractivity contribution in [1.82, 2.24) is 9.13 Å². The van der Waals surface area contributed by atoms with E-state index in [2.05, 4.69) is 112 Å². The van der Waals surface area contributed by atoms with Crippen LogP contribution < -0.4 is 0 Å². The van der Waals surface area contributed by atoms with E-state index in [1.807, 2.05) is 54.6 Å². The number of nitriles is 3. The van der Waals surface area contributed by atoms with Crippen molar-refractivity contribution in [1.29, 1.82) is 15.8 Å². The molecule has 1 aliphatic rings. The Hall–Kier alpha value is -7.13. The maximum absolute atomic E-state index is 10.5. The molecule has 0 unspecified atom stereocenters. The van der Waals surface area contributed by atoms with Crippen molar-refractivity contribution in [2.24, 2.45) is 0 Å². The van der Waals surface area contributed by atoms with E-state index in [0.29, 0.717) is 16.7 Å². The Morgan fingerprint density at radius 1 is 0.520 bits per heavy atom. The molecule has 6 aromatic carbocycles. The van der Waals surface area contributed by atoms with E-state index >= 15 is 0 Å². The fraction of sp³-hybridized carbons (Fsp3) is 0.0444. The Morgan fingerprint density at radius 2 is 1.22 bits per heavy atom. The van der Waals surface area contributed by atoms with Gasteiger partial charge in [-0.05, 0) is 108 Å². The predicted molar refractivity (Wildman–Crippen MR) is 200 cm³/mol. The number of hydrogen-bond acceptors (Lipinski definition) is 3. The van der Waals surface area contributed by atoms with Gasteiger partial charge in [-0.2, -0.15) is 15.8 Å². The Balaban J connectivity index is 1.18. The number of hydrogen-bond donors (Lipinski definition) is 0. The van der Waals surface area contributed by atoms with Gasteiger partial charge in [0.2, 0.25) is 0 Å². The van der Waals surface area contributed by atoms with Crippen molar-refractivity contribution < 1.29 is 0 Å². The zero-order chi connectivity index (χ0) is 33.8. The van der Waals surface area contributed by atoms with Crippen LogP contribution in [0.2, 0.25) is 0 Å². The number of fused-ring (bicyclic) bond motifs is 6. The summed E-state index contributed by atoms with van der Waals surface area (Å²) in [5.74, 6) is 0. The normalized spacial score (nSPS) is 12.1. The first-order valence-corrected chi connectivity index (χ1v) is 16.6. The van der Waals surface area contributed by atoms with Gasteiger partial charge in [-0.25, -0.2) is 0 Å². The number of benzene rings is 6. The van der Waals surface area contributed by atoms with Gasteiger partial charge in [0.15, 0.2) is 0 Å². The summed E-state index contributed by atoms with van der Waals surface area (Å²) in [5, 5.41) is 32.9. The summed E-state index contributed by atoms with van der Waals surface area (Å²) in [7, 11) is 0. The monoisotopic (exact) mass is 637 g/mol. The van der Waals surface area contributed by atoms with E-state index in [1.54, 1.807) is 0 Å². The summed E-state index contributed by atoms with van der Waals surface area (Å²) in [4.78, 5) is 0. The Bertz CT molecular complexity index is 2860. The summed E-state index contributed by atoms with van der Waals surface area (Å²) in [6, 6.07) is 49.9. The molecule has 50 heavy (non-hydrogen) atoms. The fourth-order valence-corrected chi connectivity index (χ4v) is 7.67. The molecule has 0 N–H and O–H groups in total. The standard InChI is InChI=1S/C45H27N5/c46-26-29-16-20-44-39(22-29)37-11-2-5-14-42(37)49(44)34-18-19-35(33(25-34)28-48)31-8-7-9-32(24-31)36-10-1-4-13-41(36)50-43-15-6-3-12-38(43)40-23-30(27-47)17-21-45(40)50/h1-2,4-11,13-25H,3,12H2. The molecule has 9 rings (SSSR count). The van der Waals surface area contributed by atoms with Crippen LogP contribution >= 0.6 is 0 Å². The molecule has 0 radical (unpaired) electrons. The Kier molecular flexibility index (Phi) is 6.70. The highest BCUT2D eigenvalue weighted by molar-refractivity contribution is 6.09. The summed E-state index contributed by atoms with van der Waals surface area (Å²) >= 11 is 0. The van der Waals surface area contributed by atoms with Crippen LogP contribution in [0.5, 0.6) is 0 Å². The minimum Gasteiger partial charge on any atom is -0.309 e. The van der Waals surface area contributed by atoms with E-state index in [9.17, 15) is 15.8 Å². The van der Waals surface area contributed by atoms with E-state index in [1.165, 1.54) is 5.56 Å². The highest BCUT2D eigenvalue weighted by Gasteiger charge is 2.21. The van der Waals surface area contributed by atoms with Crippen LogP contribution in [-0.4, -0.2) is 9.13 Å². The number of aryl methyl sites for hydroxylation is 1. The molecule has 5 heteroatoms. The predicted octanol–water partition coefficient (Wildman–Crippen LogP) is 10.6. The molecule has 0 saturated carbocycles. The van der Waals surface area contributed by atoms with Crippen molar-refractivity contribution in [3.8, 4) is 51.8 Å². The molecule has 0 atom stereocenters. The topological polar surface area (TPSA) is 81.2 Å². The van der Waals surface area contributed by atoms with Crippen molar-refractivity contribution in [3.63, 3.8) is 0 Å². The van der Waals surface area contributed by atoms with Gasteiger partial charge in [-0.1, -0.05) is 66.7 Å². The van der Waals surface area contributed by atoms with Crippen LogP contribution in [0.3, 0.4) is 0 Å². The number of rotatable bonds is 4. The Labute approximate surface area is 289 Å². The van der Waals surface area contributed by atoms with E-state index in [-0.39, 0.29) is 0 Å². The van der Waals surface area contributed by atoms with E-state index < -0.39 is 0 Å².